The van der Waals surface area contributed by atoms with Gasteiger partial charge in [0.1, 0.15) is 0 Å². The summed E-state index contributed by atoms with van der Waals surface area (Å²) in [6.07, 6.45) is 0.0102. The fourth-order valence-corrected chi connectivity index (χ4v) is 1.82. The van der Waals surface area contributed by atoms with Crippen molar-refractivity contribution in [2.45, 2.75) is 46.3 Å². The van der Waals surface area contributed by atoms with E-state index in [1.54, 1.807) is 0 Å². The molecule has 0 aliphatic rings. The molecule has 20 heavy (non-hydrogen) atoms. The predicted octanol–water partition coefficient (Wildman–Crippen LogP) is 2.32. The van der Waals surface area contributed by atoms with E-state index in [-0.39, 0.29) is 24.0 Å². The van der Waals surface area contributed by atoms with Gasteiger partial charge in [-0.2, -0.15) is 0 Å². The first-order valence-corrected chi connectivity index (χ1v) is 7.17. The van der Waals surface area contributed by atoms with Crippen LogP contribution < -0.4 is 10.6 Å². The highest BCUT2D eigenvalue weighted by Crippen LogP contribution is 2.13. The van der Waals surface area contributed by atoms with Gasteiger partial charge in [-0.1, -0.05) is 32.0 Å². The summed E-state index contributed by atoms with van der Waals surface area (Å²) in [4.78, 5) is 11.9. The molecule has 0 radical (unpaired) electrons. The number of hydrogen-bond acceptors (Lipinski definition) is 3. The molecule has 0 bridgehead atoms. The number of anilines is 1. The van der Waals surface area contributed by atoms with Gasteiger partial charge in [0.05, 0.1) is 6.10 Å². The number of benzene rings is 1. The fraction of sp³-hybridized carbons (Fsp3) is 0.562. The van der Waals surface area contributed by atoms with E-state index in [0.717, 1.165) is 11.3 Å². The van der Waals surface area contributed by atoms with Gasteiger partial charge < -0.3 is 15.7 Å². The van der Waals surface area contributed by atoms with Crippen LogP contribution in [0, 0.1) is 12.8 Å². The molecule has 1 aromatic carbocycles. The van der Waals surface area contributed by atoms with E-state index in [2.05, 4.69) is 10.6 Å². The minimum atomic E-state index is -0.378. The normalized spacial score (nSPS) is 14.1. The summed E-state index contributed by atoms with van der Waals surface area (Å²) in [6, 6.07) is 7.75. The average Bonchev–Trinajstić information content (AvgIpc) is 2.38. The average molecular weight is 278 g/mol. The first-order valence-electron chi connectivity index (χ1n) is 7.17. The Morgan fingerprint density at radius 2 is 1.90 bits per heavy atom. The highest BCUT2D eigenvalue weighted by Gasteiger charge is 2.13. The number of hydrogen-bond donors (Lipinski definition) is 3. The van der Waals surface area contributed by atoms with Gasteiger partial charge in [0.2, 0.25) is 5.91 Å². The molecule has 4 nitrogen and oxygen atoms in total. The fourth-order valence-electron chi connectivity index (χ4n) is 1.82. The van der Waals surface area contributed by atoms with Crippen molar-refractivity contribution >= 4 is 11.6 Å². The number of aryl methyl sites for hydroxylation is 1. The van der Waals surface area contributed by atoms with E-state index in [0.29, 0.717) is 13.0 Å². The smallest absolute Gasteiger partial charge is 0.225 e. The molecular weight excluding hydrogens is 252 g/mol. The van der Waals surface area contributed by atoms with Crippen molar-refractivity contribution in [1.82, 2.24) is 5.32 Å². The van der Waals surface area contributed by atoms with Crippen LogP contribution >= 0.6 is 0 Å². The summed E-state index contributed by atoms with van der Waals surface area (Å²) >= 11 is 0. The highest BCUT2D eigenvalue weighted by molar-refractivity contribution is 5.91. The highest BCUT2D eigenvalue weighted by atomic mass is 16.3. The second-order valence-electron chi connectivity index (χ2n) is 5.69. The van der Waals surface area contributed by atoms with Gasteiger partial charge in [0, 0.05) is 24.7 Å². The lowest BCUT2D eigenvalue weighted by Crippen LogP contribution is -2.38. The molecule has 2 atom stereocenters. The Bertz CT molecular complexity index is 432. The lowest BCUT2D eigenvalue weighted by Gasteiger charge is -2.19. The van der Waals surface area contributed by atoms with E-state index in [4.69, 9.17) is 0 Å². The Kier molecular flexibility index (Phi) is 6.68. The lowest BCUT2D eigenvalue weighted by molar-refractivity contribution is -0.116. The number of carbonyl (C=O) groups excluding carboxylic acids is 1. The van der Waals surface area contributed by atoms with E-state index < -0.39 is 0 Å². The molecule has 0 heterocycles. The largest absolute Gasteiger partial charge is 0.392 e. The van der Waals surface area contributed by atoms with Crippen molar-refractivity contribution in [3.63, 3.8) is 0 Å². The van der Waals surface area contributed by atoms with Crippen LogP contribution in [0.4, 0.5) is 5.69 Å². The molecule has 4 heteroatoms. The predicted molar refractivity (Wildman–Crippen MR) is 82.7 cm³/mol. The Hall–Kier alpha value is -1.39. The van der Waals surface area contributed by atoms with E-state index in [1.165, 1.54) is 0 Å². The first-order chi connectivity index (χ1) is 9.40. The summed E-state index contributed by atoms with van der Waals surface area (Å²) in [5, 5.41) is 15.8. The third kappa shape index (κ3) is 5.72. The number of aliphatic hydroxyl groups excluding tert-OH is 1. The molecule has 1 aromatic rings. The Morgan fingerprint density at radius 1 is 1.25 bits per heavy atom. The Labute approximate surface area is 121 Å². The summed E-state index contributed by atoms with van der Waals surface area (Å²) in [5.41, 5.74) is 1.91. The molecule has 1 rings (SSSR count). The van der Waals surface area contributed by atoms with Gasteiger partial charge in [-0.05, 0) is 31.4 Å². The Morgan fingerprint density at radius 3 is 2.50 bits per heavy atom. The summed E-state index contributed by atoms with van der Waals surface area (Å²) in [5.74, 6) is 0.203. The maximum atomic E-state index is 11.9. The molecule has 0 spiro atoms. The van der Waals surface area contributed by atoms with Crippen LogP contribution in [-0.2, 0) is 4.79 Å². The van der Waals surface area contributed by atoms with Crippen LogP contribution in [0.5, 0.6) is 0 Å². The molecule has 0 aromatic heterocycles. The zero-order chi connectivity index (χ0) is 15.1. The van der Waals surface area contributed by atoms with Crippen molar-refractivity contribution in [3.05, 3.63) is 29.8 Å². The van der Waals surface area contributed by atoms with Crippen molar-refractivity contribution in [2.75, 3.05) is 11.9 Å². The summed E-state index contributed by atoms with van der Waals surface area (Å²) in [7, 11) is 0. The van der Waals surface area contributed by atoms with Crippen LogP contribution in [0.2, 0.25) is 0 Å². The maximum Gasteiger partial charge on any atom is 0.225 e. The standard InChI is InChI=1S/C16H26N2O2/c1-11(2)15(19)10-17-13(4)9-16(20)18-14-8-6-5-7-12(14)3/h5-8,11,13,15,17,19H,9-10H2,1-4H3,(H,18,20). The zero-order valence-electron chi connectivity index (χ0n) is 12.8. The molecular formula is C16H26N2O2. The quantitative estimate of drug-likeness (QED) is 0.717. The second kappa shape index (κ2) is 8.02. The van der Waals surface area contributed by atoms with Crippen LogP contribution in [0.15, 0.2) is 24.3 Å². The molecule has 1 amide bonds. The van der Waals surface area contributed by atoms with Crippen LogP contribution in [0.25, 0.3) is 0 Å². The van der Waals surface area contributed by atoms with Gasteiger partial charge >= 0.3 is 0 Å². The molecule has 112 valence electrons. The third-order valence-corrected chi connectivity index (χ3v) is 3.36. The number of carbonyl (C=O) groups is 1. The number of nitrogens with one attached hydrogen (secondary N) is 2. The van der Waals surface area contributed by atoms with Gasteiger partial charge in [-0.25, -0.2) is 0 Å². The van der Waals surface area contributed by atoms with Crippen LogP contribution in [0.3, 0.4) is 0 Å². The van der Waals surface area contributed by atoms with Crippen molar-refractivity contribution in [1.29, 1.82) is 0 Å². The van der Waals surface area contributed by atoms with Crippen molar-refractivity contribution < 1.29 is 9.90 Å². The molecule has 0 saturated carbocycles. The summed E-state index contributed by atoms with van der Waals surface area (Å²) < 4.78 is 0. The van der Waals surface area contributed by atoms with Gasteiger partial charge in [0.25, 0.3) is 0 Å². The minimum absolute atomic E-state index is 0.0154. The molecule has 0 aliphatic heterocycles. The van der Waals surface area contributed by atoms with Crippen LogP contribution in [0.1, 0.15) is 32.8 Å². The van der Waals surface area contributed by atoms with Crippen molar-refractivity contribution in [3.8, 4) is 0 Å². The van der Waals surface area contributed by atoms with E-state index in [1.807, 2.05) is 52.0 Å². The molecule has 0 saturated heterocycles. The summed E-state index contributed by atoms with van der Waals surface area (Å²) in [6.45, 7) is 8.38. The number of rotatable bonds is 7. The van der Waals surface area contributed by atoms with E-state index >= 15 is 0 Å². The molecule has 3 N–H and O–H groups in total. The third-order valence-electron chi connectivity index (χ3n) is 3.36. The topological polar surface area (TPSA) is 61.4 Å². The minimum Gasteiger partial charge on any atom is -0.392 e. The number of amides is 1. The number of aliphatic hydroxyl groups is 1. The SMILES string of the molecule is Cc1ccccc1NC(=O)CC(C)NCC(O)C(C)C. The van der Waals surface area contributed by atoms with Crippen molar-refractivity contribution in [2.24, 2.45) is 5.92 Å². The van der Waals surface area contributed by atoms with E-state index in [9.17, 15) is 9.90 Å². The van der Waals surface area contributed by atoms with Gasteiger partial charge in [-0.15, -0.1) is 0 Å². The van der Waals surface area contributed by atoms with Crippen LogP contribution in [-0.4, -0.2) is 29.7 Å². The maximum absolute atomic E-state index is 11.9. The first kappa shape index (κ1) is 16.7. The van der Waals surface area contributed by atoms with Gasteiger partial charge in [0.15, 0.2) is 0 Å². The molecule has 2 unspecified atom stereocenters. The monoisotopic (exact) mass is 278 g/mol. The lowest BCUT2D eigenvalue weighted by atomic mass is 10.1. The molecule has 0 aliphatic carbocycles. The second-order valence-corrected chi connectivity index (χ2v) is 5.69. The Balaban J connectivity index is 2.37. The number of para-hydroxylation sites is 1. The zero-order valence-corrected chi connectivity index (χ0v) is 12.8. The van der Waals surface area contributed by atoms with Gasteiger partial charge in [-0.3, -0.25) is 4.79 Å². The molecule has 0 fully saturated rings.